The van der Waals surface area contributed by atoms with Gasteiger partial charge in [0.25, 0.3) is 0 Å². The van der Waals surface area contributed by atoms with Gasteiger partial charge in [-0.2, -0.15) is 0 Å². The molecule has 7 nitrogen and oxygen atoms in total. The van der Waals surface area contributed by atoms with E-state index in [0.717, 1.165) is 76.8 Å². The number of amides is 1. The van der Waals surface area contributed by atoms with Crippen LogP contribution in [0.5, 0.6) is 5.75 Å². The fourth-order valence-corrected chi connectivity index (χ4v) is 4.29. The third-order valence-electron chi connectivity index (χ3n) is 6.35. The molecule has 4 rings (SSSR count). The molecule has 1 saturated heterocycles. The summed E-state index contributed by atoms with van der Waals surface area (Å²) in [5, 5.41) is 6.98. The highest BCUT2D eigenvalue weighted by atomic mass is 127. The number of carbonyl (C=O) groups excluding carboxylic acids is 1. The molecule has 3 aliphatic rings. The molecular weight excluding hydrogens is 493 g/mol. The van der Waals surface area contributed by atoms with Gasteiger partial charge < -0.3 is 20.3 Å². The number of piperazine rings is 1. The standard InChI is InChI=1S/C22H33N5O2.HI/c1-23-22(25-19-9-16-29-20-8-3-2-7-18(19)20)24-10-11-26-12-14-27(15-13-26)21(28)17-5-4-6-17;/h2-3,7-8,17,19H,4-6,9-16H2,1H3,(H2,23,24,25);1H. The van der Waals surface area contributed by atoms with Crippen LogP contribution in [-0.2, 0) is 4.79 Å². The molecule has 30 heavy (non-hydrogen) atoms. The number of rotatable bonds is 5. The molecule has 0 bridgehead atoms. The number of nitrogens with zero attached hydrogens (tertiary/aromatic N) is 3. The van der Waals surface area contributed by atoms with E-state index >= 15 is 0 Å². The Kier molecular flexibility index (Phi) is 8.61. The molecule has 0 aromatic heterocycles. The Balaban J connectivity index is 0.00000256. The van der Waals surface area contributed by atoms with Gasteiger partial charge >= 0.3 is 0 Å². The maximum atomic E-state index is 12.4. The zero-order valence-corrected chi connectivity index (χ0v) is 20.1. The van der Waals surface area contributed by atoms with Gasteiger partial charge in [0, 0.05) is 64.2 Å². The molecule has 1 aromatic rings. The minimum atomic E-state index is 0. The summed E-state index contributed by atoms with van der Waals surface area (Å²) in [5.74, 6) is 2.48. The van der Waals surface area contributed by atoms with Crippen molar-refractivity contribution in [3.8, 4) is 5.75 Å². The highest BCUT2D eigenvalue weighted by molar-refractivity contribution is 14.0. The molecule has 0 radical (unpaired) electrons. The van der Waals surface area contributed by atoms with Crippen LogP contribution in [0.2, 0.25) is 0 Å². The molecule has 0 spiro atoms. The average molecular weight is 527 g/mol. The van der Waals surface area contributed by atoms with Crippen molar-refractivity contribution in [1.29, 1.82) is 0 Å². The zero-order chi connectivity index (χ0) is 20.1. The summed E-state index contributed by atoms with van der Waals surface area (Å²) in [5.41, 5.74) is 1.19. The lowest BCUT2D eigenvalue weighted by Gasteiger charge is -2.38. The summed E-state index contributed by atoms with van der Waals surface area (Å²) in [6.45, 7) is 6.15. The van der Waals surface area contributed by atoms with Crippen molar-refractivity contribution in [2.45, 2.75) is 31.7 Å². The average Bonchev–Trinajstić information content (AvgIpc) is 2.72. The van der Waals surface area contributed by atoms with E-state index in [9.17, 15) is 4.79 Å². The van der Waals surface area contributed by atoms with Gasteiger partial charge in [0.1, 0.15) is 5.75 Å². The molecule has 1 atom stereocenters. The van der Waals surface area contributed by atoms with Crippen LogP contribution < -0.4 is 15.4 Å². The van der Waals surface area contributed by atoms with Gasteiger partial charge in [0.2, 0.25) is 5.91 Å². The Hall–Kier alpha value is -1.55. The van der Waals surface area contributed by atoms with E-state index in [0.29, 0.717) is 11.8 Å². The van der Waals surface area contributed by atoms with Crippen LogP contribution in [0, 0.1) is 5.92 Å². The summed E-state index contributed by atoms with van der Waals surface area (Å²) >= 11 is 0. The Labute approximate surface area is 196 Å². The van der Waals surface area contributed by atoms with Crippen LogP contribution in [0.25, 0.3) is 0 Å². The molecule has 166 valence electrons. The topological polar surface area (TPSA) is 69.2 Å². The third kappa shape index (κ3) is 5.57. The van der Waals surface area contributed by atoms with E-state index < -0.39 is 0 Å². The molecule has 8 heteroatoms. The van der Waals surface area contributed by atoms with Gasteiger partial charge in [-0.1, -0.05) is 24.6 Å². The predicted octanol–water partition coefficient (Wildman–Crippen LogP) is 2.24. The number of halogens is 1. The van der Waals surface area contributed by atoms with Crippen LogP contribution >= 0.6 is 24.0 Å². The summed E-state index contributed by atoms with van der Waals surface area (Å²) in [6, 6.07) is 8.41. The molecule has 2 fully saturated rings. The Morgan fingerprint density at radius 1 is 1.17 bits per heavy atom. The van der Waals surface area contributed by atoms with E-state index in [4.69, 9.17) is 4.74 Å². The van der Waals surface area contributed by atoms with Gasteiger partial charge in [0.15, 0.2) is 5.96 Å². The fourth-order valence-electron chi connectivity index (χ4n) is 4.29. The van der Waals surface area contributed by atoms with E-state index in [-0.39, 0.29) is 30.0 Å². The van der Waals surface area contributed by atoms with Crippen molar-refractivity contribution in [2.75, 3.05) is 52.9 Å². The van der Waals surface area contributed by atoms with E-state index in [1.165, 1.54) is 12.0 Å². The van der Waals surface area contributed by atoms with Gasteiger partial charge in [-0.3, -0.25) is 14.7 Å². The molecule has 2 heterocycles. The van der Waals surface area contributed by atoms with E-state index in [1.54, 1.807) is 0 Å². The maximum absolute atomic E-state index is 12.4. The molecule has 1 aromatic carbocycles. The molecule has 2 aliphatic heterocycles. The lowest BCUT2D eigenvalue weighted by Crippen LogP contribution is -2.52. The Bertz CT molecular complexity index is 732. The number of fused-ring (bicyclic) bond motifs is 1. The van der Waals surface area contributed by atoms with Gasteiger partial charge in [-0.25, -0.2) is 0 Å². The summed E-state index contributed by atoms with van der Waals surface area (Å²) < 4.78 is 5.75. The normalized spacial score (nSPS) is 22.2. The Morgan fingerprint density at radius 2 is 1.93 bits per heavy atom. The molecule has 1 amide bonds. The first-order valence-corrected chi connectivity index (χ1v) is 10.9. The van der Waals surface area contributed by atoms with E-state index in [2.05, 4.69) is 31.5 Å². The predicted molar refractivity (Wildman–Crippen MR) is 130 cm³/mol. The van der Waals surface area contributed by atoms with E-state index in [1.807, 2.05) is 25.2 Å². The van der Waals surface area contributed by atoms with Crippen molar-refractivity contribution < 1.29 is 9.53 Å². The van der Waals surface area contributed by atoms with Crippen molar-refractivity contribution in [3.05, 3.63) is 29.8 Å². The lowest BCUT2D eigenvalue weighted by atomic mass is 9.84. The van der Waals surface area contributed by atoms with Crippen LogP contribution in [0.1, 0.15) is 37.3 Å². The molecule has 2 N–H and O–H groups in total. The monoisotopic (exact) mass is 527 g/mol. The number of guanidine groups is 1. The second kappa shape index (κ2) is 11.2. The number of ether oxygens (including phenoxy) is 1. The first kappa shape index (κ1) is 23.1. The summed E-state index contributed by atoms with van der Waals surface area (Å²) in [4.78, 5) is 21.3. The quantitative estimate of drug-likeness (QED) is 0.350. The van der Waals surface area contributed by atoms with Crippen LogP contribution in [0.4, 0.5) is 0 Å². The lowest BCUT2D eigenvalue weighted by molar-refractivity contribution is -0.139. The van der Waals surface area contributed by atoms with Crippen LogP contribution in [-0.4, -0.2) is 74.6 Å². The number of carbonyl (C=O) groups is 1. The van der Waals surface area contributed by atoms with Crippen molar-refractivity contribution in [2.24, 2.45) is 10.9 Å². The zero-order valence-electron chi connectivity index (χ0n) is 17.8. The highest BCUT2D eigenvalue weighted by Crippen LogP contribution is 2.31. The Morgan fingerprint density at radius 3 is 2.63 bits per heavy atom. The maximum Gasteiger partial charge on any atom is 0.225 e. The SMILES string of the molecule is CN=C(NCCN1CCN(C(=O)C2CCC2)CC1)NC1CCOc2ccccc21.I. The number of hydrogen-bond donors (Lipinski definition) is 2. The molecular formula is C22H34IN5O2. The second-order valence-corrected chi connectivity index (χ2v) is 8.17. The minimum absolute atomic E-state index is 0. The first-order valence-electron chi connectivity index (χ1n) is 10.9. The number of nitrogens with one attached hydrogen (secondary N) is 2. The van der Waals surface area contributed by atoms with Gasteiger partial charge in [-0.15, -0.1) is 24.0 Å². The van der Waals surface area contributed by atoms with Crippen LogP contribution in [0.3, 0.4) is 0 Å². The molecule has 1 unspecified atom stereocenters. The van der Waals surface area contributed by atoms with Crippen molar-refractivity contribution >= 4 is 35.8 Å². The first-order chi connectivity index (χ1) is 14.2. The second-order valence-electron chi connectivity index (χ2n) is 8.17. The highest BCUT2D eigenvalue weighted by Gasteiger charge is 2.31. The fraction of sp³-hybridized carbons (Fsp3) is 0.636. The van der Waals surface area contributed by atoms with Crippen molar-refractivity contribution in [3.63, 3.8) is 0 Å². The van der Waals surface area contributed by atoms with Crippen molar-refractivity contribution in [1.82, 2.24) is 20.4 Å². The number of para-hydroxylation sites is 1. The number of aliphatic imine (C=N–C) groups is 1. The molecule has 1 aliphatic carbocycles. The summed E-state index contributed by atoms with van der Waals surface area (Å²) in [7, 11) is 1.81. The van der Waals surface area contributed by atoms with Gasteiger partial charge in [0.05, 0.1) is 12.6 Å². The third-order valence-corrected chi connectivity index (χ3v) is 6.35. The van der Waals surface area contributed by atoms with Gasteiger partial charge in [-0.05, 0) is 18.9 Å². The number of hydrogen-bond acceptors (Lipinski definition) is 4. The largest absolute Gasteiger partial charge is 0.493 e. The van der Waals surface area contributed by atoms with Crippen LogP contribution in [0.15, 0.2) is 29.3 Å². The minimum Gasteiger partial charge on any atom is -0.493 e. The smallest absolute Gasteiger partial charge is 0.225 e. The number of benzene rings is 1. The molecule has 1 saturated carbocycles. The summed E-state index contributed by atoms with van der Waals surface area (Å²) in [6.07, 6.45) is 4.32.